The lowest BCUT2D eigenvalue weighted by atomic mass is 10.3. The third kappa shape index (κ3) is 1.09. The number of hydrogen-bond acceptors (Lipinski definition) is 2. The van der Waals surface area contributed by atoms with Gasteiger partial charge in [-0.2, -0.15) is 4.39 Å². The molecular weight excluding hydrogens is 161 g/mol. The number of phenols is 2. The summed E-state index contributed by atoms with van der Waals surface area (Å²) < 4.78 is 36.6. The molecule has 0 atom stereocenters. The van der Waals surface area contributed by atoms with Crippen molar-refractivity contribution < 1.29 is 23.4 Å². The lowest BCUT2D eigenvalue weighted by molar-refractivity contribution is 0.344. The highest BCUT2D eigenvalue weighted by atomic mass is 19.2. The van der Waals surface area contributed by atoms with E-state index in [-0.39, 0.29) is 6.07 Å². The molecule has 0 saturated heterocycles. The van der Waals surface area contributed by atoms with Crippen LogP contribution >= 0.6 is 0 Å². The minimum atomic E-state index is -1.66. The Morgan fingerprint density at radius 3 is 2.00 bits per heavy atom. The molecular formula is C6H3F3O2. The van der Waals surface area contributed by atoms with Gasteiger partial charge in [0.2, 0.25) is 5.82 Å². The van der Waals surface area contributed by atoms with Crippen molar-refractivity contribution in [3.8, 4) is 11.5 Å². The van der Waals surface area contributed by atoms with E-state index in [0.29, 0.717) is 0 Å². The molecule has 2 nitrogen and oxygen atoms in total. The first-order chi connectivity index (χ1) is 5.04. The van der Waals surface area contributed by atoms with Gasteiger partial charge in [-0.05, 0) is 0 Å². The van der Waals surface area contributed by atoms with Crippen LogP contribution in [0.2, 0.25) is 0 Å². The molecule has 0 radical (unpaired) electrons. The summed E-state index contributed by atoms with van der Waals surface area (Å²) in [6.07, 6.45) is 0. The number of hydrogen-bond donors (Lipinski definition) is 2. The monoisotopic (exact) mass is 164 g/mol. The van der Waals surface area contributed by atoms with Gasteiger partial charge in [0.05, 0.1) is 0 Å². The molecule has 11 heavy (non-hydrogen) atoms. The average molecular weight is 164 g/mol. The molecule has 0 fully saturated rings. The van der Waals surface area contributed by atoms with E-state index < -0.39 is 29.0 Å². The van der Waals surface area contributed by atoms with Gasteiger partial charge in [0.25, 0.3) is 0 Å². The number of halogens is 3. The van der Waals surface area contributed by atoms with Crippen LogP contribution in [-0.4, -0.2) is 10.2 Å². The van der Waals surface area contributed by atoms with Crippen LogP contribution in [0.4, 0.5) is 13.2 Å². The summed E-state index contributed by atoms with van der Waals surface area (Å²) in [5.41, 5.74) is 0. The molecule has 0 saturated carbocycles. The zero-order chi connectivity index (χ0) is 8.59. The number of benzene rings is 1. The van der Waals surface area contributed by atoms with E-state index in [4.69, 9.17) is 10.2 Å². The van der Waals surface area contributed by atoms with Crippen molar-refractivity contribution in [1.82, 2.24) is 0 Å². The molecule has 2 N–H and O–H groups in total. The highest BCUT2D eigenvalue weighted by molar-refractivity contribution is 5.40. The molecule has 5 heteroatoms. The van der Waals surface area contributed by atoms with Crippen LogP contribution in [0.25, 0.3) is 0 Å². The summed E-state index contributed by atoms with van der Waals surface area (Å²) in [6.45, 7) is 0. The summed E-state index contributed by atoms with van der Waals surface area (Å²) in [7, 11) is 0. The SMILES string of the molecule is Oc1c(F)cc(F)c(F)c1O. The zero-order valence-corrected chi connectivity index (χ0v) is 5.11. The summed E-state index contributed by atoms with van der Waals surface area (Å²) in [6, 6.07) is 0.143. The predicted molar refractivity (Wildman–Crippen MR) is 29.6 cm³/mol. The van der Waals surface area contributed by atoms with E-state index in [1.165, 1.54) is 0 Å². The van der Waals surface area contributed by atoms with E-state index in [9.17, 15) is 13.2 Å². The Balaban J connectivity index is 3.46. The molecule has 0 spiro atoms. The summed E-state index contributed by atoms with van der Waals surface area (Å²) in [4.78, 5) is 0. The normalized spacial score (nSPS) is 10.1. The van der Waals surface area contributed by atoms with Crippen LogP contribution in [0.15, 0.2) is 6.07 Å². The smallest absolute Gasteiger partial charge is 0.204 e. The molecule has 0 aromatic heterocycles. The maximum absolute atomic E-state index is 12.2. The topological polar surface area (TPSA) is 40.5 Å². The highest BCUT2D eigenvalue weighted by Crippen LogP contribution is 2.31. The van der Waals surface area contributed by atoms with E-state index in [1.54, 1.807) is 0 Å². The third-order valence-corrected chi connectivity index (χ3v) is 1.12. The van der Waals surface area contributed by atoms with Crippen LogP contribution < -0.4 is 0 Å². The molecule has 0 amide bonds. The summed E-state index contributed by atoms with van der Waals surface area (Å²) in [5.74, 6) is -7.31. The van der Waals surface area contributed by atoms with Crippen molar-refractivity contribution in [1.29, 1.82) is 0 Å². The lowest BCUT2D eigenvalue weighted by Gasteiger charge is -1.99. The maximum Gasteiger partial charge on any atom is 0.204 e. The van der Waals surface area contributed by atoms with E-state index >= 15 is 0 Å². The largest absolute Gasteiger partial charge is 0.502 e. The van der Waals surface area contributed by atoms with E-state index in [2.05, 4.69) is 0 Å². The van der Waals surface area contributed by atoms with Crippen molar-refractivity contribution >= 4 is 0 Å². The van der Waals surface area contributed by atoms with Crippen molar-refractivity contribution in [2.45, 2.75) is 0 Å². The van der Waals surface area contributed by atoms with Crippen LogP contribution in [0, 0.1) is 17.5 Å². The van der Waals surface area contributed by atoms with Gasteiger partial charge in [0, 0.05) is 6.07 Å². The fourth-order valence-corrected chi connectivity index (χ4v) is 0.573. The molecule has 0 unspecified atom stereocenters. The van der Waals surface area contributed by atoms with E-state index in [0.717, 1.165) is 0 Å². The van der Waals surface area contributed by atoms with Gasteiger partial charge in [-0.3, -0.25) is 0 Å². The van der Waals surface area contributed by atoms with Crippen molar-refractivity contribution in [3.05, 3.63) is 23.5 Å². The van der Waals surface area contributed by atoms with Gasteiger partial charge in [0.15, 0.2) is 23.1 Å². The fourth-order valence-electron chi connectivity index (χ4n) is 0.573. The zero-order valence-electron chi connectivity index (χ0n) is 5.11. The fraction of sp³-hybridized carbons (Fsp3) is 0. The summed E-state index contributed by atoms with van der Waals surface area (Å²) >= 11 is 0. The van der Waals surface area contributed by atoms with Crippen molar-refractivity contribution in [3.63, 3.8) is 0 Å². The minimum Gasteiger partial charge on any atom is -0.502 e. The number of aromatic hydroxyl groups is 2. The predicted octanol–water partition coefficient (Wildman–Crippen LogP) is 1.52. The molecule has 0 aliphatic heterocycles. The first kappa shape index (κ1) is 7.71. The molecule has 0 bridgehead atoms. The molecule has 0 aliphatic rings. The second kappa shape index (κ2) is 2.34. The quantitative estimate of drug-likeness (QED) is 0.450. The lowest BCUT2D eigenvalue weighted by Crippen LogP contribution is -1.88. The van der Waals surface area contributed by atoms with Gasteiger partial charge in [0.1, 0.15) is 0 Å². The number of rotatable bonds is 0. The van der Waals surface area contributed by atoms with E-state index in [1.807, 2.05) is 0 Å². The molecule has 0 aliphatic carbocycles. The molecule has 1 aromatic carbocycles. The Kier molecular flexibility index (Phi) is 1.64. The Morgan fingerprint density at radius 1 is 0.909 bits per heavy atom. The standard InChI is InChI=1S/C6H3F3O2/c7-2-1-3(8)5(10)6(11)4(2)9/h1,10-11H. The molecule has 0 heterocycles. The van der Waals surface area contributed by atoms with Gasteiger partial charge < -0.3 is 10.2 Å². The van der Waals surface area contributed by atoms with Gasteiger partial charge in [-0.15, -0.1) is 0 Å². The van der Waals surface area contributed by atoms with Crippen LogP contribution in [0.3, 0.4) is 0 Å². The van der Waals surface area contributed by atoms with Crippen LogP contribution in [0.5, 0.6) is 11.5 Å². The van der Waals surface area contributed by atoms with Gasteiger partial charge >= 0.3 is 0 Å². The summed E-state index contributed by atoms with van der Waals surface area (Å²) in [5, 5.41) is 16.9. The third-order valence-electron chi connectivity index (χ3n) is 1.12. The molecule has 1 aromatic rings. The number of phenolic OH excluding ortho intramolecular Hbond substituents is 2. The maximum atomic E-state index is 12.2. The Hall–Kier alpha value is -1.39. The van der Waals surface area contributed by atoms with Crippen molar-refractivity contribution in [2.24, 2.45) is 0 Å². The second-order valence-corrected chi connectivity index (χ2v) is 1.85. The first-order valence-electron chi connectivity index (χ1n) is 2.59. The average Bonchev–Trinajstić information content (AvgIpc) is 1.97. The Labute approximate surface area is 59.5 Å². The Bertz CT molecular complexity index is 272. The van der Waals surface area contributed by atoms with Crippen molar-refractivity contribution in [2.75, 3.05) is 0 Å². The van der Waals surface area contributed by atoms with Crippen LogP contribution in [0.1, 0.15) is 0 Å². The van der Waals surface area contributed by atoms with Crippen LogP contribution in [-0.2, 0) is 0 Å². The Morgan fingerprint density at radius 2 is 1.45 bits per heavy atom. The molecule has 60 valence electrons. The minimum absolute atomic E-state index is 0.143. The highest BCUT2D eigenvalue weighted by Gasteiger charge is 2.16. The van der Waals surface area contributed by atoms with Gasteiger partial charge in [-0.25, -0.2) is 8.78 Å². The first-order valence-corrected chi connectivity index (χ1v) is 2.59. The van der Waals surface area contributed by atoms with Gasteiger partial charge in [-0.1, -0.05) is 0 Å². The second-order valence-electron chi connectivity index (χ2n) is 1.85. The molecule has 1 rings (SSSR count).